The Hall–Kier alpha value is -3.76. The van der Waals surface area contributed by atoms with Gasteiger partial charge >= 0.3 is 0 Å². The van der Waals surface area contributed by atoms with Crippen LogP contribution in [0.25, 0.3) is 16.6 Å². The number of nitrogens with zero attached hydrogens (tertiary/aromatic N) is 5. The van der Waals surface area contributed by atoms with Gasteiger partial charge in [0.25, 0.3) is 11.5 Å². The summed E-state index contributed by atoms with van der Waals surface area (Å²) in [5.41, 5.74) is 6.36. The minimum atomic E-state index is -0.252. The number of amides is 1. The summed E-state index contributed by atoms with van der Waals surface area (Å²) in [4.78, 5) is 39.0. The maximum Gasteiger partial charge on any atom is 0.253 e. The molecular formula is C32H46N8O2. The summed E-state index contributed by atoms with van der Waals surface area (Å²) in [5.74, 6) is -0.252. The first-order valence-corrected chi connectivity index (χ1v) is 15.0. The average Bonchev–Trinajstić information content (AvgIpc) is 3.40. The normalized spacial score (nSPS) is 13.7. The standard InChI is InChI=1S/C32H46N8O2/c1-8-38(7)20-25-16-22(4)36-32(42)27(25)18-34-31(41)26-17-29(37-30-28(26)19-35-40(30)21(2)3)24-11-14-39(15-12-24)23(5)10-9-13-33-6/h11,16-17,19,21,33H,5,8-10,12-15,18,20H2,1-4,6-7H3,(H,34,41)(H,36,42). The predicted molar refractivity (Wildman–Crippen MR) is 169 cm³/mol. The average molecular weight is 575 g/mol. The molecule has 1 amide bonds. The first-order valence-electron chi connectivity index (χ1n) is 15.0. The fourth-order valence-electron chi connectivity index (χ4n) is 5.35. The van der Waals surface area contributed by atoms with Gasteiger partial charge in [-0.2, -0.15) is 5.10 Å². The van der Waals surface area contributed by atoms with Crippen molar-refractivity contribution in [3.63, 3.8) is 0 Å². The number of carbonyl (C=O) groups excluding carboxylic acids is 1. The molecule has 4 rings (SSSR count). The molecule has 10 heteroatoms. The van der Waals surface area contributed by atoms with Gasteiger partial charge in [-0.05, 0) is 90.5 Å². The fraction of sp³-hybridized carbons (Fsp3) is 0.500. The number of pyridine rings is 2. The molecule has 3 aromatic rings. The molecule has 42 heavy (non-hydrogen) atoms. The Labute approximate surface area is 248 Å². The molecule has 0 fully saturated rings. The van der Waals surface area contributed by atoms with Gasteiger partial charge in [0.15, 0.2) is 5.65 Å². The van der Waals surface area contributed by atoms with Crippen molar-refractivity contribution in [2.75, 3.05) is 40.3 Å². The van der Waals surface area contributed by atoms with Crippen LogP contribution in [0.15, 0.2) is 41.5 Å². The number of aryl methyl sites for hydroxylation is 1. The SMILES string of the molecule is C=C(CCCNC)N1CC=C(c2cc(C(=O)NCc3c(CN(C)CC)cc(C)[nH]c3=O)c3cnn(C(C)C)c3n2)CC1. The van der Waals surface area contributed by atoms with Crippen LogP contribution in [0.4, 0.5) is 0 Å². The number of rotatable bonds is 13. The van der Waals surface area contributed by atoms with Crippen LogP contribution in [0, 0.1) is 6.92 Å². The maximum absolute atomic E-state index is 13.7. The number of carbonyl (C=O) groups is 1. The van der Waals surface area contributed by atoms with Crippen molar-refractivity contribution in [1.29, 1.82) is 0 Å². The quantitative estimate of drug-likeness (QED) is 0.265. The Morgan fingerprint density at radius 3 is 2.74 bits per heavy atom. The van der Waals surface area contributed by atoms with E-state index in [9.17, 15) is 9.59 Å². The minimum absolute atomic E-state index is 0.0853. The van der Waals surface area contributed by atoms with Crippen molar-refractivity contribution in [3.05, 3.63) is 75.1 Å². The Bertz CT molecular complexity index is 1520. The summed E-state index contributed by atoms with van der Waals surface area (Å²) in [5, 5.41) is 11.5. The van der Waals surface area contributed by atoms with E-state index in [-0.39, 0.29) is 24.1 Å². The second kappa shape index (κ2) is 13.9. The van der Waals surface area contributed by atoms with E-state index in [1.807, 2.05) is 37.8 Å². The van der Waals surface area contributed by atoms with Crippen LogP contribution in [0.5, 0.6) is 0 Å². The summed E-state index contributed by atoms with van der Waals surface area (Å²) in [7, 11) is 3.98. The molecule has 0 aromatic carbocycles. The van der Waals surface area contributed by atoms with Crippen molar-refractivity contribution in [2.24, 2.45) is 0 Å². The Balaban J connectivity index is 1.62. The first kappa shape index (κ1) is 31.2. The van der Waals surface area contributed by atoms with Crippen LogP contribution in [-0.4, -0.2) is 75.7 Å². The molecule has 3 N–H and O–H groups in total. The van der Waals surface area contributed by atoms with Crippen LogP contribution >= 0.6 is 0 Å². The number of hydrogen-bond donors (Lipinski definition) is 3. The van der Waals surface area contributed by atoms with Crippen LogP contribution in [0.2, 0.25) is 0 Å². The van der Waals surface area contributed by atoms with Crippen LogP contribution in [0.1, 0.15) is 78.9 Å². The molecule has 0 unspecified atom stereocenters. The van der Waals surface area contributed by atoms with Gasteiger partial charge in [0.05, 0.1) is 22.8 Å². The van der Waals surface area contributed by atoms with Gasteiger partial charge in [0.1, 0.15) is 0 Å². The Kier molecular flexibility index (Phi) is 10.3. The first-order chi connectivity index (χ1) is 20.1. The minimum Gasteiger partial charge on any atom is -0.371 e. The zero-order valence-electron chi connectivity index (χ0n) is 26.0. The maximum atomic E-state index is 13.7. The second-order valence-electron chi connectivity index (χ2n) is 11.5. The highest BCUT2D eigenvalue weighted by atomic mass is 16.1. The van der Waals surface area contributed by atoms with Gasteiger partial charge in [0.2, 0.25) is 0 Å². The van der Waals surface area contributed by atoms with E-state index < -0.39 is 0 Å². The second-order valence-corrected chi connectivity index (χ2v) is 11.5. The predicted octanol–water partition coefficient (Wildman–Crippen LogP) is 3.99. The van der Waals surface area contributed by atoms with Gasteiger partial charge < -0.3 is 25.4 Å². The van der Waals surface area contributed by atoms with Crippen LogP contribution in [0.3, 0.4) is 0 Å². The summed E-state index contributed by atoms with van der Waals surface area (Å²) < 4.78 is 1.86. The summed E-state index contributed by atoms with van der Waals surface area (Å²) in [6.45, 7) is 16.6. The topological polar surface area (TPSA) is 111 Å². The molecule has 1 aliphatic rings. The van der Waals surface area contributed by atoms with E-state index in [4.69, 9.17) is 4.98 Å². The van der Waals surface area contributed by atoms with Gasteiger partial charge in [-0.3, -0.25) is 9.59 Å². The number of hydrogen-bond acceptors (Lipinski definition) is 7. The van der Waals surface area contributed by atoms with Crippen molar-refractivity contribution in [3.8, 4) is 0 Å². The molecule has 0 saturated carbocycles. The molecule has 0 spiro atoms. The fourth-order valence-corrected chi connectivity index (χ4v) is 5.35. The van der Waals surface area contributed by atoms with Crippen molar-refractivity contribution >= 4 is 22.5 Å². The third-order valence-corrected chi connectivity index (χ3v) is 7.95. The zero-order valence-corrected chi connectivity index (χ0v) is 26.0. The highest BCUT2D eigenvalue weighted by molar-refractivity contribution is 6.06. The highest BCUT2D eigenvalue weighted by Gasteiger charge is 2.22. The lowest BCUT2D eigenvalue weighted by atomic mass is 10.0. The molecule has 4 heterocycles. The van der Waals surface area contributed by atoms with E-state index in [2.05, 4.69) is 63.9 Å². The molecular weight excluding hydrogens is 528 g/mol. The zero-order chi connectivity index (χ0) is 30.4. The van der Waals surface area contributed by atoms with Crippen LogP contribution < -0.4 is 16.2 Å². The molecule has 0 bridgehead atoms. The van der Waals surface area contributed by atoms with Crippen molar-refractivity contribution in [2.45, 2.75) is 66.1 Å². The number of fused-ring (bicyclic) bond motifs is 1. The number of nitrogens with one attached hydrogen (secondary N) is 3. The monoisotopic (exact) mass is 574 g/mol. The molecule has 3 aromatic heterocycles. The number of allylic oxidation sites excluding steroid dienone is 1. The van der Waals surface area contributed by atoms with Crippen molar-refractivity contribution < 1.29 is 4.79 Å². The van der Waals surface area contributed by atoms with Gasteiger partial charge in [-0.25, -0.2) is 9.67 Å². The Morgan fingerprint density at radius 1 is 1.29 bits per heavy atom. The molecule has 1 aliphatic heterocycles. The highest BCUT2D eigenvalue weighted by Crippen LogP contribution is 2.28. The van der Waals surface area contributed by atoms with E-state index in [0.29, 0.717) is 28.7 Å². The lowest BCUT2D eigenvalue weighted by Gasteiger charge is -2.30. The van der Waals surface area contributed by atoms with Crippen molar-refractivity contribution in [1.82, 2.24) is 40.2 Å². The molecule has 10 nitrogen and oxygen atoms in total. The lowest BCUT2D eigenvalue weighted by molar-refractivity contribution is 0.0952. The van der Waals surface area contributed by atoms with E-state index in [1.54, 1.807) is 6.20 Å². The molecule has 0 saturated heterocycles. The smallest absolute Gasteiger partial charge is 0.253 e. The number of H-pyrrole nitrogens is 1. The number of aromatic amines is 1. The summed E-state index contributed by atoms with van der Waals surface area (Å²) in [6, 6.07) is 3.94. The third-order valence-electron chi connectivity index (χ3n) is 7.95. The van der Waals surface area contributed by atoms with Gasteiger partial charge in [-0.15, -0.1) is 0 Å². The molecule has 0 atom stereocenters. The lowest BCUT2D eigenvalue weighted by Crippen LogP contribution is -2.30. The van der Waals surface area contributed by atoms with Gasteiger partial charge in [-0.1, -0.05) is 19.6 Å². The largest absolute Gasteiger partial charge is 0.371 e. The molecule has 226 valence electrons. The van der Waals surface area contributed by atoms with E-state index >= 15 is 0 Å². The van der Waals surface area contributed by atoms with E-state index in [0.717, 1.165) is 73.7 Å². The third kappa shape index (κ3) is 7.17. The molecule has 0 radical (unpaired) electrons. The number of aromatic nitrogens is 4. The Morgan fingerprint density at radius 2 is 2.07 bits per heavy atom. The van der Waals surface area contributed by atoms with Gasteiger partial charge in [0, 0.05) is 49.2 Å². The summed E-state index contributed by atoms with van der Waals surface area (Å²) in [6.07, 6.45) is 6.75. The summed E-state index contributed by atoms with van der Waals surface area (Å²) >= 11 is 0. The van der Waals surface area contributed by atoms with E-state index in [1.165, 1.54) is 0 Å². The van der Waals surface area contributed by atoms with Crippen LogP contribution in [-0.2, 0) is 13.1 Å². The molecule has 0 aliphatic carbocycles.